The third-order valence-corrected chi connectivity index (χ3v) is 4.48. The molecule has 0 radical (unpaired) electrons. The number of halogens is 2. The van der Waals surface area contributed by atoms with Crippen LogP contribution < -0.4 is 0 Å². The first kappa shape index (κ1) is 20.1. The van der Waals surface area contributed by atoms with Gasteiger partial charge in [0.2, 0.25) is 0 Å². The van der Waals surface area contributed by atoms with Gasteiger partial charge in [-0.2, -0.15) is 0 Å². The number of carboxylic acids is 1. The van der Waals surface area contributed by atoms with Crippen LogP contribution in [0.25, 0.3) is 11.4 Å². The number of ether oxygens (including phenoxy) is 1. The maximum atomic E-state index is 14.4. The summed E-state index contributed by atoms with van der Waals surface area (Å²) in [6.07, 6.45) is 0.00518. The lowest BCUT2D eigenvalue weighted by atomic mass is 10.2. The van der Waals surface area contributed by atoms with E-state index in [9.17, 15) is 19.1 Å². The zero-order valence-electron chi connectivity index (χ0n) is 15.8. The van der Waals surface area contributed by atoms with E-state index in [0.29, 0.717) is 30.2 Å². The highest BCUT2D eigenvalue weighted by atomic mass is 35.5. The zero-order chi connectivity index (χ0) is 20.6. The molecular weight excluding hydrogens is 389 g/mol. The van der Waals surface area contributed by atoms with Crippen LogP contribution in [0.5, 0.6) is 0 Å². The fraction of sp³-hybridized carbons (Fsp3) is 0.421. The number of aromatic nitrogens is 2. The Morgan fingerprint density at radius 1 is 1.29 bits per heavy atom. The summed E-state index contributed by atoms with van der Waals surface area (Å²) in [6.45, 7) is 6.05. The molecule has 0 unspecified atom stereocenters. The average Bonchev–Trinajstić information content (AvgIpc) is 2.79. The van der Waals surface area contributed by atoms with Gasteiger partial charge in [-0.05, 0) is 45.4 Å². The van der Waals surface area contributed by atoms with Gasteiger partial charge in [0.25, 0.3) is 0 Å². The third-order valence-electron chi connectivity index (χ3n) is 4.25. The molecule has 2 heterocycles. The number of benzene rings is 1. The summed E-state index contributed by atoms with van der Waals surface area (Å²) in [7, 11) is 0. The Morgan fingerprint density at radius 3 is 2.64 bits per heavy atom. The molecule has 0 fully saturated rings. The third kappa shape index (κ3) is 4.11. The number of aromatic carboxylic acids is 1. The number of hydrogen-bond donors (Lipinski definition) is 1. The van der Waals surface area contributed by atoms with Gasteiger partial charge < -0.3 is 19.3 Å². The molecule has 0 aliphatic carbocycles. The summed E-state index contributed by atoms with van der Waals surface area (Å²) in [6, 6.07) is 4.03. The predicted molar refractivity (Wildman–Crippen MR) is 101 cm³/mol. The number of carbonyl (C=O) groups excluding carboxylic acids is 1. The summed E-state index contributed by atoms with van der Waals surface area (Å²) in [5, 5.41) is 9.91. The lowest BCUT2D eigenvalue weighted by Gasteiger charge is -2.26. The van der Waals surface area contributed by atoms with E-state index in [2.05, 4.69) is 4.98 Å². The topological polar surface area (TPSA) is 84.7 Å². The molecule has 0 saturated carbocycles. The Hall–Kier alpha value is -2.61. The van der Waals surface area contributed by atoms with Crippen molar-refractivity contribution in [1.29, 1.82) is 0 Å². The first-order valence-electron chi connectivity index (χ1n) is 8.83. The summed E-state index contributed by atoms with van der Waals surface area (Å²) in [4.78, 5) is 29.8. The lowest BCUT2D eigenvalue weighted by Crippen LogP contribution is -2.36. The van der Waals surface area contributed by atoms with Gasteiger partial charge in [0.1, 0.15) is 17.2 Å². The number of rotatable bonds is 2. The first-order valence-corrected chi connectivity index (χ1v) is 9.20. The molecule has 1 aliphatic rings. The predicted octanol–water partition coefficient (Wildman–Crippen LogP) is 4.18. The van der Waals surface area contributed by atoms with Crippen LogP contribution in [0.2, 0.25) is 5.02 Å². The van der Waals surface area contributed by atoms with E-state index in [1.54, 1.807) is 25.3 Å². The Labute approximate surface area is 166 Å². The van der Waals surface area contributed by atoms with Gasteiger partial charge >= 0.3 is 12.1 Å². The molecular formula is C19H21ClFN3O4. The van der Waals surface area contributed by atoms with E-state index < -0.39 is 23.5 Å². The molecule has 1 aliphatic heterocycles. The number of amides is 1. The highest BCUT2D eigenvalue weighted by Gasteiger charge is 2.31. The van der Waals surface area contributed by atoms with E-state index in [1.165, 1.54) is 23.1 Å². The van der Waals surface area contributed by atoms with Crippen molar-refractivity contribution in [3.05, 3.63) is 40.4 Å². The maximum absolute atomic E-state index is 14.4. The SMILES string of the molecule is CC(C)(C)OC(=O)N1CCCn2c(-c3cc(Cl)ccc3F)nc(C(=O)O)c2C1. The van der Waals surface area contributed by atoms with Crippen molar-refractivity contribution < 1.29 is 23.8 Å². The van der Waals surface area contributed by atoms with E-state index in [1.807, 2.05) is 0 Å². The standard InChI is InChI=1S/C19H21ClFN3O4/c1-19(2,3)28-18(27)23-7-4-8-24-14(10-23)15(17(25)26)22-16(24)12-9-11(20)5-6-13(12)21/h5-6,9H,4,7-8,10H2,1-3H3,(H,25,26). The van der Waals surface area contributed by atoms with Crippen LogP contribution in [0, 0.1) is 5.82 Å². The van der Waals surface area contributed by atoms with Crippen molar-refractivity contribution in [1.82, 2.24) is 14.5 Å². The van der Waals surface area contributed by atoms with Gasteiger partial charge in [-0.15, -0.1) is 0 Å². The van der Waals surface area contributed by atoms with Crippen LogP contribution in [-0.2, 0) is 17.8 Å². The Morgan fingerprint density at radius 2 is 2.00 bits per heavy atom. The maximum Gasteiger partial charge on any atom is 0.410 e. The van der Waals surface area contributed by atoms with Crippen molar-refractivity contribution in [2.75, 3.05) is 6.54 Å². The van der Waals surface area contributed by atoms with E-state index in [-0.39, 0.29) is 23.6 Å². The van der Waals surface area contributed by atoms with Crippen LogP contribution in [0.3, 0.4) is 0 Å². The molecule has 0 atom stereocenters. The summed E-state index contributed by atoms with van der Waals surface area (Å²) in [5.41, 5.74) is -0.448. The van der Waals surface area contributed by atoms with Crippen LogP contribution in [-0.4, -0.2) is 43.8 Å². The van der Waals surface area contributed by atoms with E-state index >= 15 is 0 Å². The van der Waals surface area contributed by atoms with Gasteiger partial charge in [-0.1, -0.05) is 11.6 Å². The molecule has 1 aromatic heterocycles. The zero-order valence-corrected chi connectivity index (χ0v) is 16.6. The molecule has 3 rings (SSSR count). The number of imidazole rings is 1. The Kier molecular flexibility index (Phi) is 5.34. The van der Waals surface area contributed by atoms with Crippen LogP contribution in [0.4, 0.5) is 9.18 Å². The van der Waals surface area contributed by atoms with Crippen molar-refractivity contribution in [3.63, 3.8) is 0 Å². The normalized spacial score (nSPS) is 14.4. The minimum atomic E-state index is -1.25. The average molecular weight is 410 g/mol. The molecule has 1 amide bonds. The molecule has 1 N–H and O–H groups in total. The molecule has 7 nitrogen and oxygen atoms in total. The summed E-state index contributed by atoms with van der Waals surface area (Å²) in [5.74, 6) is -1.62. The van der Waals surface area contributed by atoms with Crippen LogP contribution in [0.15, 0.2) is 18.2 Å². The van der Waals surface area contributed by atoms with Gasteiger partial charge in [-0.3, -0.25) is 0 Å². The highest BCUT2D eigenvalue weighted by Crippen LogP contribution is 2.30. The van der Waals surface area contributed by atoms with Crippen molar-refractivity contribution >= 4 is 23.7 Å². The fourth-order valence-electron chi connectivity index (χ4n) is 3.10. The first-order chi connectivity index (χ1) is 13.1. The van der Waals surface area contributed by atoms with E-state index in [0.717, 1.165) is 0 Å². The second-order valence-corrected chi connectivity index (χ2v) is 8.00. The fourth-order valence-corrected chi connectivity index (χ4v) is 3.27. The molecule has 9 heteroatoms. The van der Waals surface area contributed by atoms with Gasteiger partial charge in [0.05, 0.1) is 17.8 Å². The number of fused-ring (bicyclic) bond motifs is 1. The smallest absolute Gasteiger partial charge is 0.410 e. The minimum Gasteiger partial charge on any atom is -0.476 e. The Bertz CT molecular complexity index is 936. The monoisotopic (exact) mass is 409 g/mol. The van der Waals surface area contributed by atoms with Crippen LogP contribution >= 0.6 is 11.6 Å². The Balaban J connectivity index is 2.06. The van der Waals surface area contributed by atoms with Crippen molar-refractivity contribution in [2.45, 2.75) is 45.9 Å². The molecule has 150 valence electrons. The number of nitrogens with zero attached hydrogens (tertiary/aromatic N) is 3. The number of hydrogen-bond acceptors (Lipinski definition) is 4. The number of carboxylic acid groups (broad SMARTS) is 1. The highest BCUT2D eigenvalue weighted by molar-refractivity contribution is 6.30. The van der Waals surface area contributed by atoms with E-state index in [4.69, 9.17) is 16.3 Å². The quantitative estimate of drug-likeness (QED) is 0.804. The second-order valence-electron chi connectivity index (χ2n) is 7.57. The molecule has 2 aromatic rings. The van der Waals surface area contributed by atoms with Crippen molar-refractivity contribution in [2.24, 2.45) is 0 Å². The van der Waals surface area contributed by atoms with Gasteiger partial charge in [0, 0.05) is 18.1 Å². The lowest BCUT2D eigenvalue weighted by molar-refractivity contribution is 0.0234. The molecule has 0 saturated heterocycles. The molecule has 0 bridgehead atoms. The summed E-state index contributed by atoms with van der Waals surface area (Å²) < 4.78 is 21.4. The molecule has 28 heavy (non-hydrogen) atoms. The van der Waals surface area contributed by atoms with Gasteiger partial charge in [0.15, 0.2) is 5.69 Å². The minimum absolute atomic E-state index is 0.00569. The largest absolute Gasteiger partial charge is 0.476 e. The van der Waals surface area contributed by atoms with Crippen molar-refractivity contribution in [3.8, 4) is 11.4 Å². The second kappa shape index (κ2) is 7.43. The molecule has 1 aromatic carbocycles. The summed E-state index contributed by atoms with van der Waals surface area (Å²) >= 11 is 5.99. The number of carbonyl (C=O) groups is 2. The van der Waals surface area contributed by atoms with Crippen LogP contribution in [0.1, 0.15) is 43.4 Å². The van der Waals surface area contributed by atoms with Gasteiger partial charge in [-0.25, -0.2) is 19.0 Å². The molecule has 0 spiro atoms.